The Morgan fingerprint density at radius 3 is 3.11 bits per heavy atom. The third-order valence-corrected chi connectivity index (χ3v) is 4.25. The lowest BCUT2D eigenvalue weighted by molar-refractivity contribution is 0.218. The van der Waals surface area contributed by atoms with Crippen molar-refractivity contribution >= 4 is 27.5 Å². The van der Waals surface area contributed by atoms with Crippen LogP contribution in [0.4, 0.5) is 4.79 Å². The van der Waals surface area contributed by atoms with Crippen LogP contribution in [0.15, 0.2) is 29.6 Å². The number of nitrogens with one attached hydrogen (secondary N) is 1. The van der Waals surface area contributed by atoms with Gasteiger partial charge in [0, 0.05) is 24.3 Å². The van der Waals surface area contributed by atoms with Gasteiger partial charge in [-0.3, -0.25) is 0 Å². The number of rotatable bonds is 3. The van der Waals surface area contributed by atoms with Crippen LogP contribution in [0.2, 0.25) is 0 Å². The van der Waals surface area contributed by atoms with Crippen molar-refractivity contribution in [2.45, 2.75) is 6.04 Å². The summed E-state index contributed by atoms with van der Waals surface area (Å²) in [6, 6.07) is 8.36. The Hall–Kier alpha value is -1.59. The Morgan fingerprint density at radius 2 is 2.28 bits per heavy atom. The maximum Gasteiger partial charge on any atom is 0.318 e. The fraction of sp³-hybridized carbons (Fsp3) is 0.308. The van der Waals surface area contributed by atoms with Crippen LogP contribution < -0.4 is 11.1 Å². The molecule has 2 heterocycles. The van der Waals surface area contributed by atoms with E-state index in [9.17, 15) is 4.79 Å². The molecule has 1 aliphatic rings. The number of thiophene rings is 1. The molecule has 1 aliphatic heterocycles. The van der Waals surface area contributed by atoms with E-state index in [2.05, 4.69) is 22.8 Å². The fourth-order valence-corrected chi connectivity index (χ4v) is 3.40. The minimum absolute atomic E-state index is 0.0132. The molecule has 18 heavy (non-hydrogen) atoms. The minimum Gasteiger partial charge on any atom is -0.329 e. The van der Waals surface area contributed by atoms with Gasteiger partial charge in [0.2, 0.25) is 0 Å². The molecule has 2 aromatic rings. The molecule has 0 spiro atoms. The van der Waals surface area contributed by atoms with Crippen molar-refractivity contribution in [1.29, 1.82) is 0 Å². The standard InChI is InChI=1S/C13H15N3OS/c14-5-6-16-7-11(15-13(16)17)10-8-18-12-4-2-1-3-9(10)12/h1-4,8,11H,5-7,14H2,(H,15,17). The number of hydrogen-bond donors (Lipinski definition) is 2. The van der Waals surface area contributed by atoms with E-state index in [1.54, 1.807) is 16.2 Å². The van der Waals surface area contributed by atoms with Crippen molar-refractivity contribution in [1.82, 2.24) is 10.2 Å². The van der Waals surface area contributed by atoms with Crippen molar-refractivity contribution in [3.63, 3.8) is 0 Å². The predicted molar refractivity (Wildman–Crippen MR) is 73.7 cm³/mol. The molecule has 0 aliphatic carbocycles. The quantitative estimate of drug-likeness (QED) is 0.887. The molecule has 0 bridgehead atoms. The molecule has 0 saturated carbocycles. The molecule has 1 saturated heterocycles. The number of benzene rings is 1. The van der Waals surface area contributed by atoms with Gasteiger partial charge in [0.15, 0.2) is 0 Å². The Labute approximate surface area is 109 Å². The lowest BCUT2D eigenvalue weighted by Crippen LogP contribution is -2.32. The van der Waals surface area contributed by atoms with Crippen LogP contribution in [0.1, 0.15) is 11.6 Å². The number of urea groups is 1. The largest absolute Gasteiger partial charge is 0.329 e. The molecule has 0 radical (unpaired) electrons. The highest BCUT2D eigenvalue weighted by molar-refractivity contribution is 7.17. The summed E-state index contributed by atoms with van der Waals surface area (Å²) in [5, 5.41) is 6.40. The lowest BCUT2D eigenvalue weighted by Gasteiger charge is -2.12. The molecule has 3 rings (SSSR count). The topological polar surface area (TPSA) is 58.4 Å². The van der Waals surface area contributed by atoms with Crippen molar-refractivity contribution in [2.24, 2.45) is 5.73 Å². The Kier molecular flexibility index (Phi) is 2.93. The van der Waals surface area contributed by atoms with E-state index in [4.69, 9.17) is 5.73 Å². The highest BCUT2D eigenvalue weighted by Crippen LogP contribution is 2.32. The van der Waals surface area contributed by atoms with Crippen LogP contribution in [0.3, 0.4) is 0 Å². The van der Waals surface area contributed by atoms with Crippen LogP contribution >= 0.6 is 11.3 Å². The fourth-order valence-electron chi connectivity index (χ4n) is 2.38. The van der Waals surface area contributed by atoms with E-state index in [0.29, 0.717) is 19.6 Å². The third kappa shape index (κ3) is 1.85. The second-order valence-corrected chi connectivity index (χ2v) is 5.34. The van der Waals surface area contributed by atoms with Gasteiger partial charge in [0.1, 0.15) is 0 Å². The van der Waals surface area contributed by atoms with Gasteiger partial charge in [0.25, 0.3) is 0 Å². The average Bonchev–Trinajstić information content (AvgIpc) is 2.94. The highest BCUT2D eigenvalue weighted by atomic mass is 32.1. The first-order chi connectivity index (χ1) is 8.79. The van der Waals surface area contributed by atoms with E-state index >= 15 is 0 Å². The summed E-state index contributed by atoms with van der Waals surface area (Å²) in [6.45, 7) is 1.83. The minimum atomic E-state index is -0.0132. The molecule has 3 N–H and O–H groups in total. The summed E-state index contributed by atoms with van der Waals surface area (Å²) in [5.74, 6) is 0. The number of carbonyl (C=O) groups excluding carboxylic acids is 1. The SMILES string of the molecule is NCCN1CC(c2csc3ccccc23)NC1=O. The number of nitrogens with two attached hydrogens (primary N) is 1. The molecule has 94 valence electrons. The number of fused-ring (bicyclic) bond motifs is 1. The van der Waals surface area contributed by atoms with Crippen LogP contribution in [0.5, 0.6) is 0 Å². The highest BCUT2D eigenvalue weighted by Gasteiger charge is 2.30. The van der Waals surface area contributed by atoms with Crippen LogP contribution in [0.25, 0.3) is 10.1 Å². The number of hydrogen-bond acceptors (Lipinski definition) is 3. The molecular formula is C13H15N3OS. The van der Waals surface area contributed by atoms with Gasteiger partial charge >= 0.3 is 6.03 Å². The van der Waals surface area contributed by atoms with Crippen molar-refractivity contribution < 1.29 is 4.79 Å². The van der Waals surface area contributed by atoms with Crippen molar-refractivity contribution in [3.05, 3.63) is 35.2 Å². The zero-order chi connectivity index (χ0) is 12.5. The second-order valence-electron chi connectivity index (χ2n) is 4.42. The predicted octanol–water partition coefficient (Wildman–Crippen LogP) is 1.93. The van der Waals surface area contributed by atoms with Gasteiger partial charge in [-0.1, -0.05) is 18.2 Å². The van der Waals surface area contributed by atoms with Gasteiger partial charge in [-0.25, -0.2) is 4.79 Å². The monoisotopic (exact) mass is 261 g/mol. The average molecular weight is 261 g/mol. The van der Waals surface area contributed by atoms with Gasteiger partial charge in [-0.05, 0) is 22.4 Å². The molecule has 2 amide bonds. The van der Waals surface area contributed by atoms with E-state index in [1.807, 2.05) is 12.1 Å². The first-order valence-electron chi connectivity index (χ1n) is 6.01. The summed E-state index contributed by atoms with van der Waals surface area (Å²) in [7, 11) is 0. The molecule has 5 heteroatoms. The Morgan fingerprint density at radius 1 is 1.44 bits per heavy atom. The summed E-state index contributed by atoms with van der Waals surface area (Å²) < 4.78 is 1.26. The first kappa shape index (κ1) is 11.5. The smallest absolute Gasteiger partial charge is 0.318 e. The number of nitrogens with zero attached hydrogens (tertiary/aromatic N) is 1. The molecule has 1 unspecified atom stereocenters. The number of carbonyl (C=O) groups is 1. The van der Waals surface area contributed by atoms with Gasteiger partial charge in [-0.2, -0.15) is 0 Å². The van der Waals surface area contributed by atoms with Crippen molar-refractivity contribution in [2.75, 3.05) is 19.6 Å². The first-order valence-corrected chi connectivity index (χ1v) is 6.89. The van der Waals surface area contributed by atoms with E-state index in [-0.39, 0.29) is 12.1 Å². The second kappa shape index (κ2) is 4.59. The third-order valence-electron chi connectivity index (χ3n) is 3.27. The maximum absolute atomic E-state index is 11.8. The molecule has 1 fully saturated rings. The molecule has 1 atom stereocenters. The number of amides is 2. The summed E-state index contributed by atoms with van der Waals surface area (Å²) >= 11 is 1.72. The maximum atomic E-state index is 11.8. The lowest BCUT2D eigenvalue weighted by atomic mass is 10.1. The van der Waals surface area contributed by atoms with Crippen molar-refractivity contribution in [3.8, 4) is 0 Å². The van der Waals surface area contributed by atoms with Gasteiger partial charge < -0.3 is 16.0 Å². The molecule has 4 nitrogen and oxygen atoms in total. The van der Waals surface area contributed by atoms with Crippen LogP contribution in [-0.4, -0.2) is 30.6 Å². The summed E-state index contributed by atoms with van der Waals surface area (Å²) in [5.41, 5.74) is 6.72. The van der Waals surface area contributed by atoms with Gasteiger partial charge in [-0.15, -0.1) is 11.3 Å². The Balaban J connectivity index is 1.90. The zero-order valence-corrected chi connectivity index (χ0v) is 10.7. The van der Waals surface area contributed by atoms with E-state index in [0.717, 1.165) is 0 Å². The molecular weight excluding hydrogens is 246 g/mol. The van der Waals surface area contributed by atoms with E-state index < -0.39 is 0 Å². The van der Waals surface area contributed by atoms with Crippen LogP contribution in [0, 0.1) is 0 Å². The Bertz CT molecular complexity index is 580. The van der Waals surface area contributed by atoms with Gasteiger partial charge in [0.05, 0.1) is 6.04 Å². The summed E-state index contributed by atoms with van der Waals surface area (Å²) in [6.07, 6.45) is 0. The van der Waals surface area contributed by atoms with Crippen LogP contribution in [-0.2, 0) is 0 Å². The summed E-state index contributed by atoms with van der Waals surface area (Å²) in [4.78, 5) is 13.5. The molecule has 1 aromatic carbocycles. The molecule has 1 aromatic heterocycles. The van der Waals surface area contributed by atoms with E-state index in [1.165, 1.54) is 15.6 Å². The normalized spacial score (nSPS) is 19.5. The zero-order valence-electron chi connectivity index (χ0n) is 9.93.